The average molecular weight is 166 g/mol. The lowest BCUT2D eigenvalue weighted by atomic mass is 10.0. The molecular weight excluding hydrogens is 156 g/mol. The molecule has 64 valence electrons. The monoisotopic (exact) mass is 166 g/mol. The van der Waals surface area contributed by atoms with Crippen molar-refractivity contribution in [1.29, 1.82) is 0 Å². The largest absolute Gasteiger partial charge is 0.478 e. The Morgan fingerprint density at radius 2 is 2.17 bits per heavy atom. The van der Waals surface area contributed by atoms with Gasteiger partial charge in [-0.1, -0.05) is 18.2 Å². The van der Waals surface area contributed by atoms with Gasteiger partial charge in [-0.05, 0) is 18.1 Å². The number of carboxylic acid groups (broad SMARTS) is 1. The third-order valence-electron chi connectivity index (χ3n) is 1.74. The van der Waals surface area contributed by atoms with Crippen molar-refractivity contribution in [3.63, 3.8) is 0 Å². The van der Waals surface area contributed by atoms with Gasteiger partial charge in [0.25, 0.3) is 0 Å². The Hall–Kier alpha value is -1.35. The van der Waals surface area contributed by atoms with E-state index in [9.17, 15) is 4.79 Å². The number of aryl methyl sites for hydroxylation is 1. The van der Waals surface area contributed by atoms with Crippen LogP contribution in [0.2, 0.25) is 0 Å². The van der Waals surface area contributed by atoms with Crippen LogP contribution in [-0.4, -0.2) is 16.2 Å². The second kappa shape index (κ2) is 3.36. The van der Waals surface area contributed by atoms with Crippen molar-refractivity contribution in [2.24, 2.45) is 0 Å². The predicted octanol–water partition coefficient (Wildman–Crippen LogP) is 1.19. The lowest BCUT2D eigenvalue weighted by Crippen LogP contribution is -2.04. The van der Waals surface area contributed by atoms with Gasteiger partial charge in [-0.15, -0.1) is 0 Å². The van der Waals surface area contributed by atoms with Crippen LogP contribution in [0.5, 0.6) is 0 Å². The maximum atomic E-state index is 10.7. The molecule has 2 N–H and O–H groups in total. The van der Waals surface area contributed by atoms with Crippen LogP contribution >= 0.6 is 0 Å². The van der Waals surface area contributed by atoms with Crippen LogP contribution in [0.1, 0.15) is 21.5 Å². The van der Waals surface area contributed by atoms with Crippen molar-refractivity contribution in [3.8, 4) is 0 Å². The number of rotatable bonds is 2. The number of benzene rings is 1. The van der Waals surface area contributed by atoms with Gasteiger partial charge in [0, 0.05) is 0 Å². The molecule has 0 heterocycles. The highest BCUT2D eigenvalue weighted by molar-refractivity contribution is 5.91. The molecule has 0 saturated carbocycles. The molecule has 0 aliphatic rings. The standard InChI is InChI=1S/C9H10O3/c1-6-3-2-4-7(5-10)8(6)9(11)12/h2-4,10H,5H2,1H3,(H,11,12). The highest BCUT2D eigenvalue weighted by Crippen LogP contribution is 2.13. The Balaban J connectivity index is 3.29. The highest BCUT2D eigenvalue weighted by atomic mass is 16.4. The molecule has 0 amide bonds. The second-order valence-electron chi connectivity index (χ2n) is 2.57. The molecule has 3 nitrogen and oxygen atoms in total. The fraction of sp³-hybridized carbons (Fsp3) is 0.222. The van der Waals surface area contributed by atoms with E-state index in [0.29, 0.717) is 11.1 Å². The smallest absolute Gasteiger partial charge is 0.336 e. The maximum Gasteiger partial charge on any atom is 0.336 e. The van der Waals surface area contributed by atoms with E-state index in [1.165, 1.54) is 0 Å². The fourth-order valence-corrected chi connectivity index (χ4v) is 1.17. The summed E-state index contributed by atoms with van der Waals surface area (Å²) < 4.78 is 0. The zero-order chi connectivity index (χ0) is 9.14. The molecule has 0 spiro atoms. The lowest BCUT2D eigenvalue weighted by Gasteiger charge is -2.04. The van der Waals surface area contributed by atoms with Crippen molar-refractivity contribution in [3.05, 3.63) is 34.9 Å². The van der Waals surface area contributed by atoms with Crippen molar-refractivity contribution >= 4 is 5.97 Å². The number of carboxylic acids is 1. The molecule has 12 heavy (non-hydrogen) atoms. The van der Waals surface area contributed by atoms with Gasteiger partial charge in [0.05, 0.1) is 12.2 Å². The summed E-state index contributed by atoms with van der Waals surface area (Å²) in [6.45, 7) is 1.48. The Morgan fingerprint density at radius 1 is 1.50 bits per heavy atom. The molecule has 0 fully saturated rings. The van der Waals surface area contributed by atoms with Crippen molar-refractivity contribution in [2.75, 3.05) is 0 Å². The third kappa shape index (κ3) is 1.46. The molecule has 0 aliphatic heterocycles. The van der Waals surface area contributed by atoms with E-state index >= 15 is 0 Å². The van der Waals surface area contributed by atoms with Crippen LogP contribution in [0.4, 0.5) is 0 Å². The van der Waals surface area contributed by atoms with E-state index in [4.69, 9.17) is 10.2 Å². The maximum absolute atomic E-state index is 10.7. The summed E-state index contributed by atoms with van der Waals surface area (Å²) in [5.41, 5.74) is 1.34. The molecular formula is C9H10O3. The Morgan fingerprint density at radius 3 is 2.58 bits per heavy atom. The summed E-state index contributed by atoms with van der Waals surface area (Å²) in [6, 6.07) is 5.05. The molecule has 0 saturated heterocycles. The molecule has 0 unspecified atom stereocenters. The normalized spacial score (nSPS) is 9.83. The first kappa shape index (κ1) is 8.74. The molecule has 1 rings (SSSR count). The van der Waals surface area contributed by atoms with E-state index in [1.807, 2.05) is 0 Å². The third-order valence-corrected chi connectivity index (χ3v) is 1.74. The summed E-state index contributed by atoms with van der Waals surface area (Å²) in [5, 5.41) is 17.6. The van der Waals surface area contributed by atoms with Crippen LogP contribution in [0.3, 0.4) is 0 Å². The molecule has 0 aliphatic carbocycles. The van der Waals surface area contributed by atoms with Gasteiger partial charge in [0.15, 0.2) is 0 Å². The summed E-state index contributed by atoms with van der Waals surface area (Å²) in [6.07, 6.45) is 0. The molecule has 0 aromatic heterocycles. The zero-order valence-corrected chi connectivity index (χ0v) is 6.74. The van der Waals surface area contributed by atoms with E-state index in [2.05, 4.69) is 0 Å². The van der Waals surface area contributed by atoms with Crippen molar-refractivity contribution in [2.45, 2.75) is 13.5 Å². The van der Waals surface area contributed by atoms with Gasteiger partial charge in [0.2, 0.25) is 0 Å². The van der Waals surface area contributed by atoms with Crippen LogP contribution in [0.25, 0.3) is 0 Å². The van der Waals surface area contributed by atoms with E-state index in [1.54, 1.807) is 25.1 Å². The number of hydrogen-bond donors (Lipinski definition) is 2. The molecule has 1 aromatic carbocycles. The Bertz CT molecular complexity index is 305. The zero-order valence-electron chi connectivity index (χ0n) is 6.74. The van der Waals surface area contributed by atoms with Crippen molar-refractivity contribution < 1.29 is 15.0 Å². The minimum atomic E-state index is -0.989. The van der Waals surface area contributed by atoms with E-state index < -0.39 is 5.97 Å². The van der Waals surface area contributed by atoms with Gasteiger partial charge in [-0.2, -0.15) is 0 Å². The first-order valence-corrected chi connectivity index (χ1v) is 3.59. The first-order chi connectivity index (χ1) is 5.66. The molecule has 0 atom stereocenters. The molecule has 3 heteroatoms. The van der Waals surface area contributed by atoms with Crippen molar-refractivity contribution in [1.82, 2.24) is 0 Å². The van der Waals surface area contributed by atoms with Crippen LogP contribution in [0, 0.1) is 6.92 Å². The topological polar surface area (TPSA) is 57.5 Å². The molecule has 0 radical (unpaired) electrons. The number of aliphatic hydroxyl groups excluding tert-OH is 1. The quantitative estimate of drug-likeness (QED) is 0.693. The summed E-state index contributed by atoms with van der Waals surface area (Å²) in [5.74, 6) is -0.989. The minimum Gasteiger partial charge on any atom is -0.478 e. The summed E-state index contributed by atoms with van der Waals surface area (Å²) in [4.78, 5) is 10.7. The van der Waals surface area contributed by atoms with E-state index in [-0.39, 0.29) is 12.2 Å². The fourth-order valence-electron chi connectivity index (χ4n) is 1.17. The van der Waals surface area contributed by atoms with E-state index in [0.717, 1.165) is 0 Å². The van der Waals surface area contributed by atoms with Gasteiger partial charge in [-0.25, -0.2) is 4.79 Å². The SMILES string of the molecule is Cc1cccc(CO)c1C(=O)O. The number of carbonyl (C=O) groups is 1. The predicted molar refractivity (Wildman–Crippen MR) is 44.1 cm³/mol. The second-order valence-corrected chi connectivity index (χ2v) is 2.57. The minimum absolute atomic E-state index is 0.208. The average Bonchev–Trinajstić information content (AvgIpc) is 2.03. The summed E-state index contributed by atoms with van der Waals surface area (Å²) >= 11 is 0. The Kier molecular flexibility index (Phi) is 2.45. The van der Waals surface area contributed by atoms with Crippen LogP contribution < -0.4 is 0 Å². The van der Waals surface area contributed by atoms with Gasteiger partial charge in [0.1, 0.15) is 0 Å². The van der Waals surface area contributed by atoms with Gasteiger partial charge < -0.3 is 10.2 Å². The van der Waals surface area contributed by atoms with Crippen LogP contribution in [0.15, 0.2) is 18.2 Å². The van der Waals surface area contributed by atoms with Gasteiger partial charge >= 0.3 is 5.97 Å². The molecule has 1 aromatic rings. The molecule has 0 bridgehead atoms. The highest BCUT2D eigenvalue weighted by Gasteiger charge is 2.10. The lowest BCUT2D eigenvalue weighted by molar-refractivity contribution is 0.0692. The first-order valence-electron chi connectivity index (χ1n) is 3.59. The number of aliphatic hydroxyl groups is 1. The van der Waals surface area contributed by atoms with Crippen LogP contribution in [-0.2, 0) is 6.61 Å². The van der Waals surface area contributed by atoms with Gasteiger partial charge in [-0.3, -0.25) is 0 Å². The number of hydrogen-bond acceptors (Lipinski definition) is 2. The Labute approximate surface area is 70.3 Å². The number of aromatic carboxylic acids is 1. The summed E-state index contributed by atoms with van der Waals surface area (Å²) in [7, 11) is 0.